The van der Waals surface area contributed by atoms with Crippen LogP contribution in [0.5, 0.6) is 0 Å². The molecule has 0 bridgehead atoms. The van der Waals surface area contributed by atoms with Gasteiger partial charge >= 0.3 is 11.5 Å². The molecule has 1 aromatic carbocycles. The van der Waals surface area contributed by atoms with Crippen molar-refractivity contribution in [3.05, 3.63) is 24.3 Å². The van der Waals surface area contributed by atoms with Gasteiger partial charge in [0, 0.05) is 23.7 Å². The molecule has 0 spiro atoms. The van der Waals surface area contributed by atoms with Gasteiger partial charge in [0.2, 0.25) is 5.91 Å². The van der Waals surface area contributed by atoms with Crippen LogP contribution in [0.4, 0.5) is 23.7 Å². The average molecular weight is 375 g/mol. The molecular weight excluding hydrogens is 355 g/mol. The number of likely N-dealkylation sites (tertiary alicyclic amines) is 1. The summed E-state index contributed by atoms with van der Waals surface area (Å²) in [5, 5.41) is 2.59. The first-order valence-corrected chi connectivity index (χ1v) is 8.68. The molecule has 3 amide bonds. The minimum Gasteiger partial charge on any atom is -0.369 e. The molecule has 0 aromatic heterocycles. The number of thioether (sulfide) groups is 1. The van der Waals surface area contributed by atoms with Crippen molar-refractivity contribution >= 4 is 29.4 Å². The molecule has 1 fully saturated rings. The number of anilines is 1. The first kappa shape index (κ1) is 19.4. The molecule has 138 valence electrons. The zero-order chi connectivity index (χ0) is 18.7. The minimum absolute atomic E-state index is 0.0102. The lowest BCUT2D eigenvalue weighted by Crippen LogP contribution is -2.52. The molecule has 9 heteroatoms. The Morgan fingerprint density at radius 3 is 2.72 bits per heavy atom. The molecule has 1 atom stereocenters. The number of piperidine rings is 1. The molecule has 3 N–H and O–H groups in total. The fourth-order valence-corrected chi connectivity index (χ4v) is 3.54. The van der Waals surface area contributed by atoms with Crippen molar-refractivity contribution in [1.29, 1.82) is 0 Å². The molecule has 1 aliphatic heterocycles. The second-order valence-electron chi connectivity index (χ2n) is 6.03. The van der Waals surface area contributed by atoms with Gasteiger partial charge < -0.3 is 16.0 Å². The highest BCUT2D eigenvalue weighted by Gasteiger charge is 2.40. The molecule has 0 unspecified atom stereocenters. The highest BCUT2D eigenvalue weighted by atomic mass is 32.2. The summed E-state index contributed by atoms with van der Waals surface area (Å²) in [5.74, 6) is -0.434. The van der Waals surface area contributed by atoms with Gasteiger partial charge in [-0.1, -0.05) is 13.0 Å². The Hall–Kier alpha value is -1.90. The summed E-state index contributed by atoms with van der Waals surface area (Å²) in [4.78, 5) is 25.7. The number of nitrogens with zero attached hydrogens (tertiary/aromatic N) is 1. The van der Waals surface area contributed by atoms with E-state index in [1.165, 1.54) is 29.2 Å². The predicted octanol–water partition coefficient (Wildman–Crippen LogP) is 3.81. The van der Waals surface area contributed by atoms with Crippen molar-refractivity contribution in [2.45, 2.75) is 36.6 Å². The summed E-state index contributed by atoms with van der Waals surface area (Å²) < 4.78 is 37.4. The summed E-state index contributed by atoms with van der Waals surface area (Å²) in [6, 6.07) is 5.10. The van der Waals surface area contributed by atoms with Gasteiger partial charge in [0.1, 0.15) is 0 Å². The van der Waals surface area contributed by atoms with Crippen molar-refractivity contribution in [3.63, 3.8) is 0 Å². The van der Waals surface area contributed by atoms with Crippen LogP contribution in [0.25, 0.3) is 0 Å². The van der Waals surface area contributed by atoms with E-state index in [9.17, 15) is 22.8 Å². The Bertz CT molecular complexity index is 654. The number of carbonyl (C=O) groups is 2. The van der Waals surface area contributed by atoms with Gasteiger partial charge in [0.05, 0.1) is 5.41 Å². The smallest absolute Gasteiger partial charge is 0.369 e. The number of hydrogen-bond donors (Lipinski definition) is 2. The highest BCUT2D eigenvalue weighted by Crippen LogP contribution is 2.38. The highest BCUT2D eigenvalue weighted by molar-refractivity contribution is 8.00. The molecule has 0 saturated carbocycles. The molecule has 2 rings (SSSR count). The van der Waals surface area contributed by atoms with Gasteiger partial charge in [0.25, 0.3) is 0 Å². The van der Waals surface area contributed by atoms with Gasteiger partial charge in [-0.05, 0) is 49.2 Å². The maximum Gasteiger partial charge on any atom is 0.446 e. The number of benzene rings is 1. The van der Waals surface area contributed by atoms with Crippen molar-refractivity contribution in [2.24, 2.45) is 11.1 Å². The van der Waals surface area contributed by atoms with Gasteiger partial charge in [-0.3, -0.25) is 4.79 Å². The SMILES string of the molecule is CC[C@]1(C(N)=O)CCCN(C(=O)Nc2cccc(SC(F)(F)F)c2)C1. The molecule has 25 heavy (non-hydrogen) atoms. The fourth-order valence-electron chi connectivity index (χ4n) is 2.94. The monoisotopic (exact) mass is 375 g/mol. The van der Waals surface area contributed by atoms with Crippen LogP contribution in [0.15, 0.2) is 29.2 Å². The van der Waals surface area contributed by atoms with Crippen molar-refractivity contribution in [1.82, 2.24) is 4.90 Å². The zero-order valence-corrected chi connectivity index (χ0v) is 14.5. The maximum absolute atomic E-state index is 12.5. The molecule has 5 nitrogen and oxygen atoms in total. The van der Waals surface area contributed by atoms with E-state index in [0.29, 0.717) is 25.8 Å². The second kappa shape index (κ2) is 7.55. The average Bonchev–Trinajstić information content (AvgIpc) is 2.53. The molecule has 1 heterocycles. The van der Waals surface area contributed by atoms with E-state index in [0.717, 1.165) is 0 Å². The zero-order valence-electron chi connectivity index (χ0n) is 13.7. The number of rotatable bonds is 4. The first-order chi connectivity index (χ1) is 11.6. The van der Waals surface area contributed by atoms with Crippen LogP contribution in [0.1, 0.15) is 26.2 Å². The van der Waals surface area contributed by atoms with Gasteiger partial charge in [0.15, 0.2) is 0 Å². The Labute approximate surface area is 148 Å². The summed E-state index contributed by atoms with van der Waals surface area (Å²) >= 11 is -0.241. The number of halogens is 3. The van der Waals surface area contributed by atoms with Crippen LogP contribution in [-0.4, -0.2) is 35.4 Å². The Balaban J connectivity index is 2.07. The Kier molecular flexibility index (Phi) is 5.87. The number of primary amides is 1. The Morgan fingerprint density at radius 1 is 1.40 bits per heavy atom. The molecule has 1 aromatic rings. The molecule has 1 saturated heterocycles. The van der Waals surface area contributed by atoms with Crippen LogP contribution in [0.3, 0.4) is 0 Å². The Morgan fingerprint density at radius 2 is 2.12 bits per heavy atom. The summed E-state index contributed by atoms with van der Waals surface area (Å²) in [7, 11) is 0. The predicted molar refractivity (Wildman–Crippen MR) is 90.1 cm³/mol. The number of alkyl halides is 3. The lowest BCUT2D eigenvalue weighted by molar-refractivity contribution is -0.130. The summed E-state index contributed by atoms with van der Waals surface area (Å²) in [5.41, 5.74) is 0.631. The minimum atomic E-state index is -4.39. The molecule has 0 radical (unpaired) electrons. The topological polar surface area (TPSA) is 75.4 Å². The standard InChI is InChI=1S/C16H20F3N3O2S/c1-2-15(13(20)23)7-4-8-22(10-15)14(24)21-11-5-3-6-12(9-11)25-16(17,18)19/h3,5-6,9H,2,4,7-8,10H2,1H3,(H2,20,23)(H,21,24)/t15-/m0/s1. The van der Waals surface area contributed by atoms with Crippen molar-refractivity contribution in [3.8, 4) is 0 Å². The number of hydrogen-bond acceptors (Lipinski definition) is 3. The van der Waals surface area contributed by atoms with E-state index in [-0.39, 0.29) is 28.9 Å². The van der Waals surface area contributed by atoms with Gasteiger partial charge in [-0.25, -0.2) is 4.79 Å². The third kappa shape index (κ3) is 5.04. The van der Waals surface area contributed by atoms with E-state index in [4.69, 9.17) is 5.73 Å². The first-order valence-electron chi connectivity index (χ1n) is 7.87. The molecule has 1 aliphatic rings. The number of nitrogens with one attached hydrogen (secondary N) is 1. The maximum atomic E-state index is 12.5. The number of urea groups is 1. The third-order valence-electron chi connectivity index (χ3n) is 4.38. The number of carbonyl (C=O) groups excluding carboxylic acids is 2. The van der Waals surface area contributed by atoms with Gasteiger partial charge in [-0.2, -0.15) is 13.2 Å². The van der Waals surface area contributed by atoms with Crippen molar-refractivity contribution < 1.29 is 22.8 Å². The molecular formula is C16H20F3N3O2S. The fraction of sp³-hybridized carbons (Fsp3) is 0.500. The second-order valence-corrected chi connectivity index (χ2v) is 7.17. The normalized spacial score (nSPS) is 21.0. The summed E-state index contributed by atoms with van der Waals surface area (Å²) in [6.07, 6.45) is 1.80. The lowest BCUT2D eigenvalue weighted by atomic mass is 9.77. The van der Waals surface area contributed by atoms with E-state index in [1.807, 2.05) is 6.92 Å². The van der Waals surface area contributed by atoms with Crippen LogP contribution in [-0.2, 0) is 4.79 Å². The number of amides is 3. The van der Waals surface area contributed by atoms with Gasteiger partial charge in [-0.15, -0.1) is 0 Å². The van der Waals surface area contributed by atoms with Crippen LogP contribution in [0, 0.1) is 5.41 Å². The van der Waals surface area contributed by atoms with Crippen LogP contribution in [0.2, 0.25) is 0 Å². The quantitative estimate of drug-likeness (QED) is 0.786. The molecule has 0 aliphatic carbocycles. The van der Waals surface area contributed by atoms with Crippen molar-refractivity contribution in [2.75, 3.05) is 18.4 Å². The van der Waals surface area contributed by atoms with Crippen LogP contribution >= 0.6 is 11.8 Å². The van der Waals surface area contributed by atoms with E-state index in [1.54, 1.807) is 0 Å². The largest absolute Gasteiger partial charge is 0.446 e. The lowest BCUT2D eigenvalue weighted by Gasteiger charge is -2.40. The third-order valence-corrected chi connectivity index (χ3v) is 5.10. The van der Waals surface area contributed by atoms with E-state index in [2.05, 4.69) is 5.32 Å². The summed E-state index contributed by atoms with van der Waals surface area (Å²) in [6.45, 7) is 2.53. The van der Waals surface area contributed by atoms with Crippen LogP contribution < -0.4 is 11.1 Å². The van der Waals surface area contributed by atoms with E-state index < -0.39 is 22.9 Å². The van der Waals surface area contributed by atoms with E-state index >= 15 is 0 Å². The number of nitrogens with two attached hydrogens (primary N) is 1.